The fourth-order valence-corrected chi connectivity index (χ4v) is 2.49. The topological polar surface area (TPSA) is 72.1 Å². The molecule has 0 aliphatic rings. The third kappa shape index (κ3) is 4.04. The van der Waals surface area contributed by atoms with Gasteiger partial charge in [-0.3, -0.25) is 0 Å². The number of imidazole rings is 1. The first-order valence-corrected chi connectivity index (χ1v) is 7.82. The van der Waals surface area contributed by atoms with Crippen LogP contribution in [0.15, 0.2) is 65.8 Å². The van der Waals surface area contributed by atoms with Crippen LogP contribution in [0.3, 0.4) is 0 Å². The number of furan rings is 1. The maximum absolute atomic E-state index is 12.1. The van der Waals surface area contributed by atoms with Gasteiger partial charge in [-0.25, -0.2) is 9.78 Å². The van der Waals surface area contributed by atoms with Crippen molar-refractivity contribution in [2.75, 3.05) is 0 Å². The minimum Gasteiger partial charge on any atom is -0.467 e. The molecule has 3 aromatic rings. The van der Waals surface area contributed by atoms with E-state index in [0.29, 0.717) is 6.54 Å². The maximum atomic E-state index is 12.1. The highest BCUT2D eigenvalue weighted by molar-refractivity contribution is 5.74. The van der Waals surface area contributed by atoms with Crippen LogP contribution in [-0.2, 0) is 13.1 Å². The van der Waals surface area contributed by atoms with Crippen LogP contribution in [0, 0.1) is 0 Å². The molecule has 0 fully saturated rings. The summed E-state index contributed by atoms with van der Waals surface area (Å²) in [6, 6.07) is 11.3. The van der Waals surface area contributed by atoms with Gasteiger partial charge in [0.1, 0.15) is 5.76 Å². The predicted molar refractivity (Wildman–Crippen MR) is 90.3 cm³/mol. The molecule has 0 saturated carbocycles. The Bertz CT molecular complexity index is 766. The van der Waals surface area contributed by atoms with E-state index >= 15 is 0 Å². The smallest absolute Gasteiger partial charge is 0.315 e. The number of amides is 2. The molecule has 0 aliphatic carbocycles. The largest absolute Gasteiger partial charge is 0.467 e. The fourth-order valence-electron chi connectivity index (χ4n) is 2.49. The van der Waals surface area contributed by atoms with E-state index in [9.17, 15) is 4.79 Å². The number of benzene rings is 1. The summed E-state index contributed by atoms with van der Waals surface area (Å²) in [7, 11) is 0. The molecular weight excluding hydrogens is 304 g/mol. The molecule has 0 bridgehead atoms. The van der Waals surface area contributed by atoms with Crippen LogP contribution in [0.4, 0.5) is 4.79 Å². The van der Waals surface area contributed by atoms with E-state index in [2.05, 4.69) is 21.7 Å². The predicted octanol–water partition coefficient (Wildman–Crippen LogP) is 3.08. The van der Waals surface area contributed by atoms with Crippen LogP contribution in [0.1, 0.15) is 29.9 Å². The number of nitrogens with zero attached hydrogens (tertiary/aromatic N) is 2. The zero-order chi connectivity index (χ0) is 16.8. The van der Waals surface area contributed by atoms with Gasteiger partial charge in [-0.15, -0.1) is 0 Å². The SMILES string of the molecule is CC(NC(=O)NCc1ccccc1Cn1ccnc1)c1ccco1. The van der Waals surface area contributed by atoms with Gasteiger partial charge in [0.25, 0.3) is 0 Å². The Morgan fingerprint density at radius 1 is 1.25 bits per heavy atom. The van der Waals surface area contributed by atoms with E-state index in [1.807, 2.05) is 42.0 Å². The van der Waals surface area contributed by atoms with Crippen molar-refractivity contribution in [2.24, 2.45) is 0 Å². The van der Waals surface area contributed by atoms with E-state index in [-0.39, 0.29) is 12.1 Å². The molecule has 0 saturated heterocycles. The van der Waals surface area contributed by atoms with Crippen molar-refractivity contribution in [3.8, 4) is 0 Å². The molecule has 1 aromatic carbocycles. The zero-order valence-corrected chi connectivity index (χ0v) is 13.5. The molecule has 24 heavy (non-hydrogen) atoms. The second-order valence-electron chi connectivity index (χ2n) is 5.57. The molecule has 0 spiro atoms. The Hall–Kier alpha value is -3.02. The summed E-state index contributed by atoms with van der Waals surface area (Å²) in [5.41, 5.74) is 2.22. The van der Waals surface area contributed by atoms with Gasteiger partial charge in [0.15, 0.2) is 0 Å². The summed E-state index contributed by atoms with van der Waals surface area (Å²) < 4.78 is 7.28. The molecule has 3 rings (SSSR count). The van der Waals surface area contributed by atoms with E-state index in [0.717, 1.165) is 23.4 Å². The molecule has 1 unspecified atom stereocenters. The average Bonchev–Trinajstić information content (AvgIpc) is 3.27. The Morgan fingerprint density at radius 2 is 2.08 bits per heavy atom. The van der Waals surface area contributed by atoms with Crippen LogP contribution >= 0.6 is 0 Å². The molecule has 2 N–H and O–H groups in total. The van der Waals surface area contributed by atoms with Gasteiger partial charge in [0, 0.05) is 25.5 Å². The molecule has 6 nitrogen and oxygen atoms in total. The molecule has 2 heterocycles. The van der Waals surface area contributed by atoms with Crippen molar-refractivity contribution in [1.29, 1.82) is 0 Å². The van der Waals surface area contributed by atoms with E-state index in [1.54, 1.807) is 24.9 Å². The Balaban J connectivity index is 1.57. The summed E-state index contributed by atoms with van der Waals surface area (Å²) in [5.74, 6) is 0.727. The standard InChI is InChI=1S/C18H20N4O2/c1-14(17-7-4-10-24-17)21-18(23)20-11-15-5-2-3-6-16(15)12-22-9-8-19-13-22/h2-10,13-14H,11-12H2,1H3,(H2,20,21,23). The van der Waals surface area contributed by atoms with Crippen LogP contribution in [0.5, 0.6) is 0 Å². The number of aromatic nitrogens is 2. The van der Waals surface area contributed by atoms with Gasteiger partial charge in [-0.1, -0.05) is 24.3 Å². The molecule has 2 aromatic heterocycles. The van der Waals surface area contributed by atoms with Crippen molar-refractivity contribution >= 4 is 6.03 Å². The van der Waals surface area contributed by atoms with Crippen LogP contribution in [0.25, 0.3) is 0 Å². The lowest BCUT2D eigenvalue weighted by Gasteiger charge is -2.14. The number of hydrogen-bond donors (Lipinski definition) is 2. The van der Waals surface area contributed by atoms with E-state index < -0.39 is 0 Å². The van der Waals surface area contributed by atoms with Crippen molar-refractivity contribution in [3.63, 3.8) is 0 Å². The van der Waals surface area contributed by atoms with Crippen LogP contribution in [-0.4, -0.2) is 15.6 Å². The molecule has 0 aliphatic heterocycles. The first-order chi connectivity index (χ1) is 11.7. The molecule has 124 valence electrons. The lowest BCUT2D eigenvalue weighted by atomic mass is 10.1. The summed E-state index contributed by atoms with van der Waals surface area (Å²) in [4.78, 5) is 16.1. The first-order valence-electron chi connectivity index (χ1n) is 7.82. The van der Waals surface area contributed by atoms with Crippen molar-refractivity contribution < 1.29 is 9.21 Å². The minimum atomic E-state index is -0.226. The Labute approximate surface area is 140 Å². The number of hydrogen-bond acceptors (Lipinski definition) is 3. The van der Waals surface area contributed by atoms with Crippen molar-refractivity contribution in [1.82, 2.24) is 20.2 Å². The fraction of sp³-hybridized carbons (Fsp3) is 0.222. The average molecular weight is 324 g/mol. The normalized spacial score (nSPS) is 11.9. The summed E-state index contributed by atoms with van der Waals surface area (Å²) >= 11 is 0. The number of carbonyl (C=O) groups excluding carboxylic acids is 1. The van der Waals surface area contributed by atoms with E-state index in [4.69, 9.17) is 4.42 Å². The minimum absolute atomic E-state index is 0.179. The zero-order valence-electron chi connectivity index (χ0n) is 13.5. The monoisotopic (exact) mass is 324 g/mol. The van der Waals surface area contributed by atoms with Gasteiger partial charge >= 0.3 is 6.03 Å². The Morgan fingerprint density at radius 3 is 2.79 bits per heavy atom. The molecule has 1 atom stereocenters. The quantitative estimate of drug-likeness (QED) is 0.732. The number of rotatable bonds is 6. The third-order valence-electron chi connectivity index (χ3n) is 3.79. The maximum Gasteiger partial charge on any atom is 0.315 e. The van der Waals surface area contributed by atoms with Gasteiger partial charge in [-0.2, -0.15) is 0 Å². The number of carbonyl (C=O) groups is 1. The van der Waals surface area contributed by atoms with Gasteiger partial charge < -0.3 is 19.6 Å². The van der Waals surface area contributed by atoms with Gasteiger partial charge in [-0.05, 0) is 30.2 Å². The summed E-state index contributed by atoms with van der Waals surface area (Å²) in [6.07, 6.45) is 7.05. The molecule has 2 amide bonds. The highest BCUT2D eigenvalue weighted by Gasteiger charge is 2.12. The highest BCUT2D eigenvalue weighted by atomic mass is 16.3. The lowest BCUT2D eigenvalue weighted by molar-refractivity contribution is 0.235. The van der Waals surface area contributed by atoms with Gasteiger partial charge in [0.05, 0.1) is 18.6 Å². The second-order valence-corrected chi connectivity index (χ2v) is 5.57. The Kier molecular flexibility index (Phi) is 4.96. The van der Waals surface area contributed by atoms with E-state index in [1.165, 1.54) is 0 Å². The molecule has 6 heteroatoms. The molecule has 0 radical (unpaired) electrons. The van der Waals surface area contributed by atoms with Crippen LogP contribution in [0.2, 0.25) is 0 Å². The second kappa shape index (κ2) is 7.50. The third-order valence-corrected chi connectivity index (χ3v) is 3.79. The van der Waals surface area contributed by atoms with Crippen molar-refractivity contribution in [2.45, 2.75) is 26.1 Å². The number of nitrogens with one attached hydrogen (secondary N) is 2. The molecular formula is C18H20N4O2. The lowest BCUT2D eigenvalue weighted by Crippen LogP contribution is -2.36. The number of urea groups is 1. The van der Waals surface area contributed by atoms with Gasteiger partial charge in [0.2, 0.25) is 0 Å². The van der Waals surface area contributed by atoms with Crippen LogP contribution < -0.4 is 10.6 Å². The summed E-state index contributed by atoms with van der Waals surface area (Å²) in [6.45, 7) is 3.06. The summed E-state index contributed by atoms with van der Waals surface area (Å²) in [5, 5.41) is 5.75. The highest BCUT2D eigenvalue weighted by Crippen LogP contribution is 2.13. The first kappa shape index (κ1) is 15.9. The van der Waals surface area contributed by atoms with Crippen molar-refractivity contribution in [3.05, 3.63) is 78.3 Å².